The van der Waals surface area contributed by atoms with Crippen LogP contribution in [0.2, 0.25) is 0 Å². The van der Waals surface area contributed by atoms with Gasteiger partial charge in [-0.15, -0.1) is 0 Å². The number of carbonyl (C=O) groups excluding carboxylic acids is 1. The Morgan fingerprint density at radius 2 is 2.18 bits per heavy atom. The van der Waals surface area contributed by atoms with Crippen molar-refractivity contribution in [2.24, 2.45) is 0 Å². The van der Waals surface area contributed by atoms with Crippen LogP contribution in [0.5, 0.6) is 0 Å². The lowest BCUT2D eigenvalue weighted by Crippen LogP contribution is -2.17. The molecule has 0 aromatic rings. The van der Waals surface area contributed by atoms with Gasteiger partial charge in [0.15, 0.2) is 0 Å². The molecule has 0 aliphatic carbocycles. The van der Waals surface area contributed by atoms with E-state index in [1.807, 2.05) is 0 Å². The van der Waals surface area contributed by atoms with Crippen LogP contribution in [0.25, 0.3) is 0 Å². The number of ether oxygens (including phenoxy) is 1. The van der Waals surface area contributed by atoms with E-state index in [1.165, 1.54) is 6.08 Å². The summed E-state index contributed by atoms with van der Waals surface area (Å²) in [5.41, 5.74) is 2.59. The maximum Gasteiger partial charge on any atom is 0.267 e. The molecule has 0 spiro atoms. The van der Waals surface area contributed by atoms with Crippen LogP contribution in [0.3, 0.4) is 0 Å². The first kappa shape index (κ1) is 8.23. The molecule has 0 radical (unpaired) electrons. The molecule has 0 bridgehead atoms. The summed E-state index contributed by atoms with van der Waals surface area (Å²) in [6.45, 7) is 1.34. The lowest BCUT2D eigenvalue weighted by atomic mass is 10.1. The van der Waals surface area contributed by atoms with Gasteiger partial charge in [0.05, 0.1) is 13.2 Å². The summed E-state index contributed by atoms with van der Waals surface area (Å²) in [5.74, 6) is -0.457. The molecule has 4 nitrogen and oxygen atoms in total. The first-order chi connectivity index (χ1) is 5.33. The molecule has 62 valence electrons. The molecule has 1 saturated heterocycles. The molecule has 0 atom stereocenters. The zero-order valence-electron chi connectivity index (χ0n) is 6.17. The Labute approximate surface area is 64.8 Å². The van der Waals surface area contributed by atoms with Crippen molar-refractivity contribution >= 4 is 5.91 Å². The molecule has 0 aromatic heterocycles. The average molecular weight is 157 g/mol. The molecule has 4 heteroatoms. The zero-order chi connectivity index (χ0) is 8.10. The summed E-state index contributed by atoms with van der Waals surface area (Å²) < 4.78 is 5.08. The molecule has 1 amide bonds. The highest BCUT2D eigenvalue weighted by atomic mass is 16.5. The number of hydrogen-bond acceptors (Lipinski definition) is 3. The van der Waals surface area contributed by atoms with Crippen LogP contribution in [-0.4, -0.2) is 24.3 Å². The molecule has 0 unspecified atom stereocenters. The van der Waals surface area contributed by atoms with Gasteiger partial charge in [-0.05, 0) is 12.8 Å². The second-order valence-electron chi connectivity index (χ2n) is 2.39. The number of nitrogens with one attached hydrogen (secondary N) is 1. The van der Waals surface area contributed by atoms with Gasteiger partial charge in [-0.2, -0.15) is 0 Å². The summed E-state index contributed by atoms with van der Waals surface area (Å²) in [5, 5.41) is 8.19. The summed E-state index contributed by atoms with van der Waals surface area (Å²) in [4.78, 5) is 10.6. The van der Waals surface area contributed by atoms with Gasteiger partial charge in [0.2, 0.25) is 0 Å². The highest BCUT2D eigenvalue weighted by molar-refractivity contribution is 5.87. The first-order valence-electron chi connectivity index (χ1n) is 3.54. The Morgan fingerprint density at radius 3 is 2.73 bits per heavy atom. The lowest BCUT2D eigenvalue weighted by molar-refractivity contribution is -0.124. The average Bonchev–Trinajstić information content (AvgIpc) is 2.06. The summed E-state index contributed by atoms with van der Waals surface area (Å²) in [7, 11) is 0. The van der Waals surface area contributed by atoms with Crippen LogP contribution in [0.15, 0.2) is 11.6 Å². The lowest BCUT2D eigenvalue weighted by Gasteiger charge is -2.13. The SMILES string of the molecule is O=C(C=C1CCOCC1)NO. The molecular weight excluding hydrogens is 146 g/mol. The van der Waals surface area contributed by atoms with Crippen molar-refractivity contribution in [1.29, 1.82) is 0 Å². The van der Waals surface area contributed by atoms with Crippen LogP contribution in [0.1, 0.15) is 12.8 Å². The molecule has 1 aliphatic rings. The van der Waals surface area contributed by atoms with Crippen LogP contribution in [-0.2, 0) is 9.53 Å². The van der Waals surface area contributed by atoms with Crippen molar-refractivity contribution in [2.45, 2.75) is 12.8 Å². The van der Waals surface area contributed by atoms with E-state index in [4.69, 9.17) is 9.94 Å². The highest BCUT2D eigenvalue weighted by Gasteiger charge is 2.06. The second kappa shape index (κ2) is 4.10. The van der Waals surface area contributed by atoms with Gasteiger partial charge in [-0.25, -0.2) is 5.48 Å². The minimum atomic E-state index is -0.457. The Balaban J connectivity index is 2.43. The molecule has 1 rings (SSSR count). The normalized spacial score (nSPS) is 17.7. The minimum Gasteiger partial charge on any atom is -0.381 e. The fraction of sp³-hybridized carbons (Fsp3) is 0.571. The van der Waals surface area contributed by atoms with E-state index < -0.39 is 5.91 Å². The van der Waals surface area contributed by atoms with Crippen molar-refractivity contribution in [3.05, 3.63) is 11.6 Å². The van der Waals surface area contributed by atoms with E-state index in [9.17, 15) is 4.79 Å². The third-order valence-electron chi connectivity index (χ3n) is 1.58. The van der Waals surface area contributed by atoms with Crippen molar-refractivity contribution in [3.63, 3.8) is 0 Å². The second-order valence-corrected chi connectivity index (χ2v) is 2.39. The predicted octanol–water partition coefficient (Wildman–Crippen LogP) is 0.229. The van der Waals surface area contributed by atoms with E-state index in [2.05, 4.69) is 0 Å². The van der Waals surface area contributed by atoms with E-state index in [0.717, 1.165) is 18.4 Å². The van der Waals surface area contributed by atoms with Crippen LogP contribution in [0, 0.1) is 0 Å². The quantitative estimate of drug-likeness (QED) is 0.325. The largest absolute Gasteiger partial charge is 0.381 e. The minimum absolute atomic E-state index is 0.457. The Kier molecular flexibility index (Phi) is 3.07. The molecule has 0 aromatic carbocycles. The number of hydrogen-bond donors (Lipinski definition) is 2. The van der Waals surface area contributed by atoms with E-state index >= 15 is 0 Å². The van der Waals surface area contributed by atoms with Crippen molar-refractivity contribution < 1.29 is 14.7 Å². The predicted molar refractivity (Wildman–Crippen MR) is 38.1 cm³/mol. The van der Waals surface area contributed by atoms with Crippen molar-refractivity contribution in [1.82, 2.24) is 5.48 Å². The molecule has 11 heavy (non-hydrogen) atoms. The van der Waals surface area contributed by atoms with Gasteiger partial charge in [-0.3, -0.25) is 10.0 Å². The van der Waals surface area contributed by atoms with Gasteiger partial charge in [0.1, 0.15) is 0 Å². The highest BCUT2D eigenvalue weighted by Crippen LogP contribution is 2.12. The van der Waals surface area contributed by atoms with Crippen LogP contribution >= 0.6 is 0 Å². The summed E-state index contributed by atoms with van der Waals surface area (Å²) in [6.07, 6.45) is 2.99. The third-order valence-corrected chi connectivity index (χ3v) is 1.58. The van der Waals surface area contributed by atoms with E-state index in [-0.39, 0.29) is 0 Å². The number of hydroxylamine groups is 1. The molecule has 1 aliphatic heterocycles. The Bertz CT molecular complexity index is 169. The van der Waals surface area contributed by atoms with E-state index in [1.54, 1.807) is 5.48 Å². The molecule has 2 N–H and O–H groups in total. The Hall–Kier alpha value is -0.870. The number of rotatable bonds is 1. The molecular formula is C7H11NO3. The third kappa shape index (κ3) is 2.69. The number of amides is 1. The Morgan fingerprint density at radius 1 is 1.55 bits per heavy atom. The smallest absolute Gasteiger partial charge is 0.267 e. The van der Waals surface area contributed by atoms with Gasteiger partial charge in [-0.1, -0.05) is 5.57 Å². The van der Waals surface area contributed by atoms with Gasteiger partial charge in [0, 0.05) is 6.08 Å². The van der Waals surface area contributed by atoms with Crippen LogP contribution in [0.4, 0.5) is 0 Å². The van der Waals surface area contributed by atoms with Crippen LogP contribution < -0.4 is 5.48 Å². The molecule has 0 saturated carbocycles. The maximum absolute atomic E-state index is 10.6. The monoisotopic (exact) mass is 157 g/mol. The molecule has 1 heterocycles. The zero-order valence-corrected chi connectivity index (χ0v) is 6.17. The van der Waals surface area contributed by atoms with E-state index in [0.29, 0.717) is 13.2 Å². The van der Waals surface area contributed by atoms with Gasteiger partial charge >= 0.3 is 0 Å². The summed E-state index contributed by atoms with van der Waals surface area (Å²) >= 11 is 0. The molecule has 1 fully saturated rings. The van der Waals surface area contributed by atoms with Gasteiger partial charge in [0.25, 0.3) is 5.91 Å². The van der Waals surface area contributed by atoms with Crippen molar-refractivity contribution in [2.75, 3.05) is 13.2 Å². The topological polar surface area (TPSA) is 58.6 Å². The number of carbonyl (C=O) groups is 1. The van der Waals surface area contributed by atoms with Gasteiger partial charge < -0.3 is 4.74 Å². The first-order valence-corrected chi connectivity index (χ1v) is 3.54. The fourth-order valence-electron chi connectivity index (χ4n) is 0.996. The standard InChI is InChI=1S/C7H11NO3/c9-7(8-10)5-6-1-3-11-4-2-6/h5,10H,1-4H2,(H,8,9). The maximum atomic E-state index is 10.6. The fourth-order valence-corrected chi connectivity index (χ4v) is 0.996. The summed E-state index contributed by atoms with van der Waals surface area (Å²) in [6, 6.07) is 0. The van der Waals surface area contributed by atoms with Crippen molar-refractivity contribution in [3.8, 4) is 0 Å².